The van der Waals surface area contributed by atoms with Crippen LogP contribution in [0.25, 0.3) is 10.9 Å². The summed E-state index contributed by atoms with van der Waals surface area (Å²) in [6.07, 6.45) is 0. The van der Waals surface area contributed by atoms with E-state index in [-0.39, 0.29) is 0 Å². The molecule has 0 aliphatic heterocycles. The lowest BCUT2D eigenvalue weighted by Crippen LogP contribution is -1.80. The Bertz CT molecular complexity index is 408. The highest BCUT2D eigenvalue weighted by molar-refractivity contribution is 14.1. The molecule has 0 spiro atoms. The van der Waals surface area contributed by atoms with E-state index < -0.39 is 0 Å². The van der Waals surface area contributed by atoms with Crippen LogP contribution in [0.1, 0.15) is 0 Å². The Hall–Kier alpha value is -0.710. The van der Waals surface area contributed by atoms with E-state index >= 15 is 0 Å². The fourth-order valence-electron chi connectivity index (χ4n) is 1.20. The Balaban J connectivity index is 2.66. The van der Waals surface area contributed by atoms with E-state index in [0.717, 1.165) is 15.0 Å². The maximum atomic E-state index is 5.12. The molecular weight excluding hydrogens is 265 g/mol. The first-order valence-electron chi connectivity index (χ1n) is 3.62. The van der Waals surface area contributed by atoms with Crippen molar-refractivity contribution >= 4 is 33.5 Å². The minimum Gasteiger partial charge on any atom is -0.497 e. The summed E-state index contributed by atoms with van der Waals surface area (Å²) in [5.74, 6) is 0.901. The Morgan fingerprint density at radius 3 is 2.92 bits per heavy atom. The molecule has 0 radical (unpaired) electrons. The lowest BCUT2D eigenvalue weighted by Gasteiger charge is -1.97. The second kappa shape index (κ2) is 2.97. The molecule has 2 nitrogen and oxygen atoms in total. The van der Waals surface area contributed by atoms with Crippen molar-refractivity contribution in [1.82, 2.24) is 4.98 Å². The smallest absolute Gasteiger partial charge is 0.119 e. The number of hydrogen-bond acceptors (Lipinski definition) is 1. The van der Waals surface area contributed by atoms with Crippen molar-refractivity contribution in [3.63, 3.8) is 0 Å². The SMILES string of the molecule is COc1ccc2[nH]c(I)cc2c1. The van der Waals surface area contributed by atoms with E-state index in [0.29, 0.717) is 0 Å². The third-order valence-corrected chi connectivity index (χ3v) is 2.38. The average Bonchev–Trinajstić information content (AvgIpc) is 2.43. The monoisotopic (exact) mass is 273 g/mol. The number of fused-ring (bicyclic) bond motifs is 1. The van der Waals surface area contributed by atoms with Crippen LogP contribution in [0.4, 0.5) is 0 Å². The summed E-state index contributed by atoms with van der Waals surface area (Å²) in [6.45, 7) is 0. The first-order chi connectivity index (χ1) is 5.79. The average molecular weight is 273 g/mol. The quantitative estimate of drug-likeness (QED) is 0.794. The highest BCUT2D eigenvalue weighted by Crippen LogP contribution is 2.21. The molecule has 1 heterocycles. The summed E-state index contributed by atoms with van der Waals surface area (Å²) in [5, 5.41) is 1.19. The molecule has 0 amide bonds. The number of aromatic amines is 1. The normalized spacial score (nSPS) is 10.5. The zero-order valence-corrected chi connectivity index (χ0v) is 8.75. The number of H-pyrrole nitrogens is 1. The lowest BCUT2D eigenvalue weighted by atomic mass is 10.2. The molecule has 0 fully saturated rings. The van der Waals surface area contributed by atoms with Gasteiger partial charge in [-0.25, -0.2) is 0 Å². The third-order valence-electron chi connectivity index (χ3n) is 1.80. The van der Waals surface area contributed by atoms with Gasteiger partial charge in [0.2, 0.25) is 0 Å². The van der Waals surface area contributed by atoms with Crippen molar-refractivity contribution in [3.05, 3.63) is 28.0 Å². The van der Waals surface area contributed by atoms with Crippen molar-refractivity contribution in [3.8, 4) is 5.75 Å². The molecule has 0 unspecified atom stereocenters. The molecule has 3 heteroatoms. The van der Waals surface area contributed by atoms with Crippen LogP contribution in [0.2, 0.25) is 0 Å². The molecule has 0 saturated heterocycles. The van der Waals surface area contributed by atoms with Crippen LogP contribution in [0.3, 0.4) is 0 Å². The van der Waals surface area contributed by atoms with Crippen LogP contribution < -0.4 is 4.74 Å². The van der Waals surface area contributed by atoms with Crippen molar-refractivity contribution in [2.24, 2.45) is 0 Å². The number of aromatic nitrogens is 1. The molecule has 62 valence electrons. The summed E-state index contributed by atoms with van der Waals surface area (Å²) in [5.41, 5.74) is 1.15. The highest BCUT2D eigenvalue weighted by atomic mass is 127. The van der Waals surface area contributed by atoms with Crippen LogP contribution in [-0.4, -0.2) is 12.1 Å². The molecule has 12 heavy (non-hydrogen) atoms. The predicted octanol–water partition coefficient (Wildman–Crippen LogP) is 2.78. The van der Waals surface area contributed by atoms with Gasteiger partial charge in [-0.2, -0.15) is 0 Å². The van der Waals surface area contributed by atoms with Crippen LogP contribution in [0.15, 0.2) is 24.3 Å². The molecule has 1 aromatic carbocycles. The fourth-order valence-corrected chi connectivity index (χ4v) is 1.83. The van der Waals surface area contributed by atoms with Crippen LogP contribution in [0.5, 0.6) is 5.75 Å². The first kappa shape index (κ1) is 7.91. The highest BCUT2D eigenvalue weighted by Gasteiger charge is 1.98. The van der Waals surface area contributed by atoms with Gasteiger partial charge in [-0.05, 0) is 46.9 Å². The fraction of sp³-hybridized carbons (Fsp3) is 0.111. The summed E-state index contributed by atoms with van der Waals surface area (Å²) in [6, 6.07) is 8.09. The summed E-state index contributed by atoms with van der Waals surface area (Å²) < 4.78 is 6.26. The van der Waals surface area contributed by atoms with E-state index in [4.69, 9.17) is 4.74 Å². The van der Waals surface area contributed by atoms with E-state index in [1.807, 2.05) is 18.2 Å². The molecule has 0 atom stereocenters. The molecular formula is C9H8INO. The number of methoxy groups -OCH3 is 1. The summed E-state index contributed by atoms with van der Waals surface area (Å²) >= 11 is 2.26. The van der Waals surface area contributed by atoms with Crippen LogP contribution in [0, 0.1) is 3.70 Å². The zero-order chi connectivity index (χ0) is 8.55. The van der Waals surface area contributed by atoms with Gasteiger partial charge in [0.1, 0.15) is 5.75 Å². The van der Waals surface area contributed by atoms with Gasteiger partial charge in [0.05, 0.1) is 10.8 Å². The van der Waals surface area contributed by atoms with Crippen molar-refractivity contribution in [2.45, 2.75) is 0 Å². The molecule has 2 rings (SSSR count). The Kier molecular flexibility index (Phi) is 1.96. The number of hydrogen-bond donors (Lipinski definition) is 1. The van der Waals surface area contributed by atoms with E-state index in [9.17, 15) is 0 Å². The van der Waals surface area contributed by atoms with Gasteiger partial charge in [0.15, 0.2) is 0 Å². The molecule has 1 N–H and O–H groups in total. The molecule has 0 saturated carbocycles. The van der Waals surface area contributed by atoms with E-state index in [2.05, 4.69) is 33.6 Å². The van der Waals surface area contributed by atoms with Crippen molar-refractivity contribution < 1.29 is 4.74 Å². The number of ether oxygens (including phenoxy) is 1. The second-order valence-corrected chi connectivity index (χ2v) is 3.73. The maximum absolute atomic E-state index is 5.12. The molecule has 0 bridgehead atoms. The number of halogens is 1. The lowest BCUT2D eigenvalue weighted by molar-refractivity contribution is 0.415. The van der Waals surface area contributed by atoms with Gasteiger partial charge in [-0.3, -0.25) is 0 Å². The van der Waals surface area contributed by atoms with Gasteiger partial charge in [0.25, 0.3) is 0 Å². The molecule has 0 aliphatic carbocycles. The second-order valence-electron chi connectivity index (χ2n) is 2.57. The van der Waals surface area contributed by atoms with Gasteiger partial charge >= 0.3 is 0 Å². The topological polar surface area (TPSA) is 25.0 Å². The Labute approximate surface area is 84.1 Å². The van der Waals surface area contributed by atoms with Crippen LogP contribution in [-0.2, 0) is 0 Å². The summed E-state index contributed by atoms with van der Waals surface area (Å²) in [7, 11) is 1.68. The zero-order valence-electron chi connectivity index (χ0n) is 6.60. The Morgan fingerprint density at radius 1 is 1.33 bits per heavy atom. The standard InChI is InChI=1S/C9H8INO/c1-12-7-2-3-8-6(4-7)5-9(10)11-8/h2-5,11H,1H3. The number of benzene rings is 1. The van der Waals surface area contributed by atoms with Gasteiger partial charge < -0.3 is 9.72 Å². The van der Waals surface area contributed by atoms with Gasteiger partial charge in [0, 0.05) is 10.9 Å². The minimum atomic E-state index is 0.901. The minimum absolute atomic E-state index is 0.901. The summed E-state index contributed by atoms with van der Waals surface area (Å²) in [4.78, 5) is 3.24. The largest absolute Gasteiger partial charge is 0.497 e. The third kappa shape index (κ3) is 1.29. The van der Waals surface area contributed by atoms with E-state index in [1.165, 1.54) is 5.39 Å². The van der Waals surface area contributed by atoms with E-state index in [1.54, 1.807) is 7.11 Å². The number of nitrogens with one attached hydrogen (secondary N) is 1. The molecule has 0 aliphatic rings. The maximum Gasteiger partial charge on any atom is 0.119 e. The molecule has 2 aromatic rings. The van der Waals surface area contributed by atoms with Gasteiger partial charge in [-0.15, -0.1) is 0 Å². The van der Waals surface area contributed by atoms with Crippen LogP contribution >= 0.6 is 22.6 Å². The number of rotatable bonds is 1. The first-order valence-corrected chi connectivity index (χ1v) is 4.70. The van der Waals surface area contributed by atoms with Crippen molar-refractivity contribution in [2.75, 3.05) is 7.11 Å². The van der Waals surface area contributed by atoms with Crippen molar-refractivity contribution in [1.29, 1.82) is 0 Å². The predicted molar refractivity (Wildman–Crippen MR) is 57.6 cm³/mol. The Morgan fingerprint density at radius 2 is 2.17 bits per heavy atom. The molecule has 1 aromatic heterocycles. The van der Waals surface area contributed by atoms with Gasteiger partial charge in [-0.1, -0.05) is 0 Å².